The third kappa shape index (κ3) is 4.00. The van der Waals surface area contributed by atoms with Gasteiger partial charge in [-0.05, 0) is 55.5 Å². The van der Waals surface area contributed by atoms with Gasteiger partial charge >= 0.3 is 0 Å². The Hall–Kier alpha value is -2.34. The van der Waals surface area contributed by atoms with Crippen LogP contribution in [0.15, 0.2) is 53.8 Å². The van der Waals surface area contributed by atoms with Gasteiger partial charge in [-0.25, -0.2) is 0 Å². The highest BCUT2D eigenvalue weighted by Gasteiger charge is 2.36. The van der Waals surface area contributed by atoms with Gasteiger partial charge < -0.3 is 9.30 Å². The van der Waals surface area contributed by atoms with Crippen molar-refractivity contribution in [3.05, 3.63) is 65.7 Å². The summed E-state index contributed by atoms with van der Waals surface area (Å²) in [6.45, 7) is 0.489. The highest BCUT2D eigenvalue weighted by Crippen LogP contribution is 2.46. The summed E-state index contributed by atoms with van der Waals surface area (Å²) in [7, 11) is 0. The fourth-order valence-corrected chi connectivity index (χ4v) is 4.12. The molecule has 3 aromatic rings. The molecule has 0 radical (unpaired) electrons. The molecule has 0 saturated heterocycles. The normalized spacial score (nSPS) is 16.4. The number of aromatic nitrogens is 4. The van der Waals surface area contributed by atoms with Gasteiger partial charge in [-0.2, -0.15) is 0 Å². The zero-order valence-electron chi connectivity index (χ0n) is 15.1. The van der Waals surface area contributed by atoms with E-state index in [9.17, 15) is 0 Å². The van der Waals surface area contributed by atoms with E-state index in [1.807, 2.05) is 30.3 Å². The van der Waals surface area contributed by atoms with Crippen molar-refractivity contribution < 1.29 is 4.74 Å². The first-order valence-electron chi connectivity index (χ1n) is 9.56. The molecule has 0 amide bonds. The summed E-state index contributed by atoms with van der Waals surface area (Å²) in [4.78, 5) is 4.28. The van der Waals surface area contributed by atoms with Crippen LogP contribution in [0.1, 0.15) is 54.7 Å². The average molecular weight is 379 g/mol. The molecule has 2 heterocycles. The van der Waals surface area contributed by atoms with E-state index in [1.165, 1.54) is 37.1 Å². The van der Waals surface area contributed by atoms with Gasteiger partial charge in [-0.1, -0.05) is 30.0 Å². The van der Waals surface area contributed by atoms with Crippen LogP contribution in [0.2, 0.25) is 0 Å². The van der Waals surface area contributed by atoms with Gasteiger partial charge in [0.25, 0.3) is 0 Å². The summed E-state index contributed by atoms with van der Waals surface area (Å²) in [5.41, 5.74) is 2.20. The number of benzene rings is 1. The van der Waals surface area contributed by atoms with E-state index >= 15 is 0 Å². The molecule has 0 spiro atoms. The fourth-order valence-electron chi connectivity index (χ4n) is 3.15. The van der Waals surface area contributed by atoms with Gasteiger partial charge in [0.2, 0.25) is 0 Å². The predicted molar refractivity (Wildman–Crippen MR) is 105 cm³/mol. The zero-order valence-corrected chi connectivity index (χ0v) is 15.9. The van der Waals surface area contributed by atoms with E-state index < -0.39 is 0 Å². The van der Waals surface area contributed by atoms with E-state index in [-0.39, 0.29) is 0 Å². The molecule has 2 aliphatic carbocycles. The predicted octanol–water partition coefficient (Wildman–Crippen LogP) is 4.76. The van der Waals surface area contributed by atoms with Gasteiger partial charge in [-0.3, -0.25) is 4.98 Å². The zero-order chi connectivity index (χ0) is 18.1. The quantitative estimate of drug-likeness (QED) is 0.529. The molecule has 27 heavy (non-hydrogen) atoms. The van der Waals surface area contributed by atoms with Crippen molar-refractivity contribution in [2.24, 2.45) is 0 Å². The van der Waals surface area contributed by atoms with E-state index in [0.717, 1.165) is 22.4 Å². The number of thioether (sulfide) groups is 1. The van der Waals surface area contributed by atoms with E-state index in [2.05, 4.69) is 31.9 Å². The van der Waals surface area contributed by atoms with Gasteiger partial charge in [0.05, 0.1) is 5.69 Å². The summed E-state index contributed by atoms with van der Waals surface area (Å²) in [5, 5.41) is 10.0. The largest absolute Gasteiger partial charge is 0.487 e. The van der Waals surface area contributed by atoms with E-state index in [4.69, 9.17) is 4.74 Å². The maximum absolute atomic E-state index is 5.81. The average Bonchev–Trinajstić information content (AvgIpc) is 3.65. The summed E-state index contributed by atoms with van der Waals surface area (Å²) in [6, 6.07) is 14.8. The van der Waals surface area contributed by atoms with Crippen molar-refractivity contribution in [2.45, 2.75) is 55.2 Å². The highest BCUT2D eigenvalue weighted by molar-refractivity contribution is 7.98. The first-order chi connectivity index (χ1) is 13.4. The van der Waals surface area contributed by atoms with E-state index in [0.29, 0.717) is 18.6 Å². The molecule has 2 saturated carbocycles. The molecule has 5 nitrogen and oxygen atoms in total. The Morgan fingerprint density at radius 2 is 1.85 bits per heavy atom. The lowest BCUT2D eigenvalue weighted by Gasteiger charge is -2.09. The Kier molecular flexibility index (Phi) is 4.57. The second kappa shape index (κ2) is 7.35. The molecule has 2 aliphatic rings. The van der Waals surface area contributed by atoms with Gasteiger partial charge in [0, 0.05) is 23.9 Å². The molecular formula is C21H22N4OS. The molecule has 1 aromatic carbocycles. The second-order valence-corrected chi connectivity index (χ2v) is 8.20. The lowest BCUT2D eigenvalue weighted by Crippen LogP contribution is -2.02. The Balaban J connectivity index is 1.19. The van der Waals surface area contributed by atoms with Gasteiger partial charge in [0.15, 0.2) is 5.16 Å². The monoisotopic (exact) mass is 378 g/mol. The Labute approximate surface area is 163 Å². The lowest BCUT2D eigenvalue weighted by atomic mass is 10.2. The Morgan fingerprint density at radius 1 is 1.00 bits per heavy atom. The minimum absolute atomic E-state index is 0.489. The van der Waals surface area contributed by atoms with Crippen molar-refractivity contribution in [1.82, 2.24) is 19.7 Å². The van der Waals surface area contributed by atoms with Crippen LogP contribution >= 0.6 is 11.8 Å². The van der Waals surface area contributed by atoms with Gasteiger partial charge in [0.1, 0.15) is 18.2 Å². The van der Waals surface area contributed by atoms with Crippen molar-refractivity contribution in [3.63, 3.8) is 0 Å². The summed E-state index contributed by atoms with van der Waals surface area (Å²) < 4.78 is 8.22. The molecule has 2 fully saturated rings. The maximum Gasteiger partial charge on any atom is 0.191 e. The van der Waals surface area contributed by atoms with Crippen molar-refractivity contribution in [1.29, 1.82) is 0 Å². The molecule has 0 N–H and O–H groups in total. The van der Waals surface area contributed by atoms with Crippen LogP contribution in [0, 0.1) is 0 Å². The molecule has 0 bridgehead atoms. The minimum Gasteiger partial charge on any atom is -0.487 e. The third-order valence-corrected chi connectivity index (χ3v) is 5.96. The van der Waals surface area contributed by atoms with Crippen LogP contribution in [-0.2, 0) is 12.4 Å². The Bertz CT molecular complexity index is 902. The van der Waals surface area contributed by atoms with Crippen molar-refractivity contribution in [2.75, 3.05) is 0 Å². The van der Waals surface area contributed by atoms with Crippen molar-refractivity contribution >= 4 is 11.8 Å². The fraction of sp³-hybridized carbons (Fsp3) is 0.381. The van der Waals surface area contributed by atoms with Gasteiger partial charge in [-0.15, -0.1) is 10.2 Å². The topological polar surface area (TPSA) is 52.8 Å². The summed E-state index contributed by atoms with van der Waals surface area (Å²) in [6.07, 6.45) is 6.88. The number of nitrogens with zero attached hydrogens (tertiary/aromatic N) is 4. The number of pyridine rings is 1. The van der Waals surface area contributed by atoms with Crippen LogP contribution < -0.4 is 4.74 Å². The number of ether oxygens (including phenoxy) is 1. The third-order valence-electron chi connectivity index (χ3n) is 4.95. The summed E-state index contributed by atoms with van der Waals surface area (Å²) in [5.74, 6) is 3.64. The van der Waals surface area contributed by atoms with Crippen LogP contribution in [0.4, 0.5) is 0 Å². The molecule has 5 rings (SSSR count). The van der Waals surface area contributed by atoms with Crippen LogP contribution in [-0.4, -0.2) is 19.7 Å². The van der Waals surface area contributed by atoms with E-state index in [1.54, 1.807) is 18.0 Å². The smallest absolute Gasteiger partial charge is 0.191 e. The molecular weight excluding hydrogens is 356 g/mol. The first kappa shape index (κ1) is 16.8. The van der Waals surface area contributed by atoms with Crippen molar-refractivity contribution in [3.8, 4) is 5.75 Å². The minimum atomic E-state index is 0.489. The SMILES string of the molecule is c1ccc(COc2ccc(CSc3nnc(C4CC4)n3C3CC3)cc2)nc1. The number of rotatable bonds is 8. The molecule has 0 atom stereocenters. The maximum atomic E-state index is 5.81. The standard InChI is InChI=1S/C21H22N4OS/c1-2-12-22-17(3-1)13-26-19-10-4-15(5-11-19)14-27-21-24-23-20(16-6-7-16)25(21)18-8-9-18/h1-5,10-12,16,18H,6-9,13-14H2. The molecule has 6 heteroatoms. The molecule has 138 valence electrons. The molecule has 0 aliphatic heterocycles. The number of hydrogen-bond donors (Lipinski definition) is 0. The lowest BCUT2D eigenvalue weighted by molar-refractivity contribution is 0.301. The van der Waals surface area contributed by atoms with Crippen LogP contribution in [0.5, 0.6) is 5.75 Å². The molecule has 0 unspecified atom stereocenters. The van der Waals surface area contributed by atoms with Crippen LogP contribution in [0.25, 0.3) is 0 Å². The van der Waals surface area contributed by atoms with Crippen LogP contribution in [0.3, 0.4) is 0 Å². The second-order valence-electron chi connectivity index (χ2n) is 7.26. The highest BCUT2D eigenvalue weighted by atomic mass is 32.2. The Morgan fingerprint density at radius 3 is 2.56 bits per heavy atom. The summed E-state index contributed by atoms with van der Waals surface area (Å²) >= 11 is 1.79. The first-order valence-corrected chi connectivity index (χ1v) is 10.5. The molecule has 2 aromatic heterocycles. The number of hydrogen-bond acceptors (Lipinski definition) is 5.